The van der Waals surface area contributed by atoms with Crippen molar-refractivity contribution in [3.63, 3.8) is 0 Å². The number of para-hydroxylation sites is 1. The van der Waals surface area contributed by atoms with E-state index in [9.17, 15) is 9.59 Å². The van der Waals surface area contributed by atoms with E-state index in [1.54, 1.807) is 4.90 Å². The number of fused-ring (bicyclic) bond motifs is 2. The van der Waals surface area contributed by atoms with Crippen LogP contribution in [0.1, 0.15) is 45.4 Å². The van der Waals surface area contributed by atoms with E-state index in [1.807, 2.05) is 30.3 Å². The van der Waals surface area contributed by atoms with Crippen LogP contribution in [0.3, 0.4) is 0 Å². The molecule has 1 aliphatic carbocycles. The monoisotopic (exact) mass is 369 g/mol. The van der Waals surface area contributed by atoms with Crippen molar-refractivity contribution in [1.82, 2.24) is 0 Å². The summed E-state index contributed by atoms with van der Waals surface area (Å²) in [6.45, 7) is 2.67. The first kappa shape index (κ1) is 17.3. The SMILES string of the molecule is CC[C@@H]1CCc2sc(C(=O)OCC(=O)N3CCc4ccccc43)cc2C1. The quantitative estimate of drug-likeness (QED) is 0.765. The molecule has 2 aromatic rings. The molecule has 2 aliphatic rings. The summed E-state index contributed by atoms with van der Waals surface area (Å²) in [5.41, 5.74) is 3.40. The molecule has 0 bridgehead atoms. The lowest BCUT2D eigenvalue weighted by Gasteiger charge is -2.19. The highest BCUT2D eigenvalue weighted by Gasteiger charge is 2.26. The molecule has 1 amide bonds. The van der Waals surface area contributed by atoms with Crippen LogP contribution in [-0.4, -0.2) is 25.0 Å². The molecule has 136 valence electrons. The fraction of sp³-hybridized carbons (Fsp3) is 0.429. The average molecular weight is 369 g/mol. The highest BCUT2D eigenvalue weighted by molar-refractivity contribution is 7.14. The molecule has 5 heteroatoms. The van der Waals surface area contributed by atoms with Crippen LogP contribution in [0.15, 0.2) is 30.3 Å². The number of carbonyl (C=O) groups excluding carboxylic acids is 2. The molecule has 0 N–H and O–H groups in total. The lowest BCUT2D eigenvalue weighted by molar-refractivity contribution is -0.121. The van der Waals surface area contributed by atoms with Crippen LogP contribution in [0.5, 0.6) is 0 Å². The molecule has 1 atom stereocenters. The van der Waals surface area contributed by atoms with Crippen LogP contribution in [0.2, 0.25) is 0 Å². The molecule has 1 aliphatic heterocycles. The van der Waals surface area contributed by atoms with Crippen LogP contribution in [0.25, 0.3) is 0 Å². The zero-order valence-corrected chi connectivity index (χ0v) is 15.8. The smallest absolute Gasteiger partial charge is 0.348 e. The summed E-state index contributed by atoms with van der Waals surface area (Å²) in [6, 6.07) is 9.86. The molecule has 0 spiro atoms. The standard InChI is InChI=1S/C21H23NO3S/c1-2-14-7-8-18-16(11-14)12-19(26-18)21(24)25-13-20(23)22-10-9-15-5-3-4-6-17(15)22/h3-6,12,14H,2,7-11,13H2,1H3/t14-/m1/s1. The number of aryl methyl sites for hydroxylation is 1. The molecule has 26 heavy (non-hydrogen) atoms. The molecule has 0 radical (unpaired) electrons. The first-order valence-corrected chi connectivity index (χ1v) is 10.1. The number of amides is 1. The Hall–Kier alpha value is -2.14. The highest BCUT2D eigenvalue weighted by atomic mass is 32.1. The summed E-state index contributed by atoms with van der Waals surface area (Å²) in [7, 11) is 0. The zero-order chi connectivity index (χ0) is 18.1. The Balaban J connectivity index is 1.38. The number of hydrogen-bond acceptors (Lipinski definition) is 4. The van der Waals surface area contributed by atoms with Crippen molar-refractivity contribution in [1.29, 1.82) is 0 Å². The number of rotatable bonds is 4. The van der Waals surface area contributed by atoms with Gasteiger partial charge in [-0.25, -0.2) is 4.79 Å². The summed E-state index contributed by atoms with van der Waals surface area (Å²) in [4.78, 5) is 28.5. The first-order chi connectivity index (χ1) is 12.7. The number of anilines is 1. The molecule has 0 unspecified atom stereocenters. The Labute approximate surface area is 157 Å². The van der Waals surface area contributed by atoms with Gasteiger partial charge in [-0.3, -0.25) is 4.79 Å². The fourth-order valence-corrected chi connectivity index (χ4v) is 5.02. The van der Waals surface area contributed by atoms with Crippen molar-refractivity contribution >= 4 is 28.9 Å². The molecular weight excluding hydrogens is 346 g/mol. The van der Waals surface area contributed by atoms with Crippen molar-refractivity contribution in [2.75, 3.05) is 18.1 Å². The van der Waals surface area contributed by atoms with Crippen molar-refractivity contribution in [3.05, 3.63) is 51.2 Å². The Morgan fingerprint density at radius 2 is 2.08 bits per heavy atom. The van der Waals surface area contributed by atoms with Gasteiger partial charge < -0.3 is 9.64 Å². The molecular formula is C21H23NO3S. The third kappa shape index (κ3) is 3.28. The van der Waals surface area contributed by atoms with Gasteiger partial charge in [-0.05, 0) is 54.9 Å². The van der Waals surface area contributed by atoms with Gasteiger partial charge in [0.25, 0.3) is 5.91 Å². The maximum atomic E-state index is 12.5. The van der Waals surface area contributed by atoms with Crippen molar-refractivity contribution in [2.24, 2.45) is 5.92 Å². The van der Waals surface area contributed by atoms with E-state index >= 15 is 0 Å². The molecule has 4 nitrogen and oxygen atoms in total. The molecule has 0 saturated carbocycles. The minimum atomic E-state index is -0.377. The lowest BCUT2D eigenvalue weighted by Crippen LogP contribution is -2.33. The summed E-state index contributed by atoms with van der Waals surface area (Å²) < 4.78 is 5.33. The Bertz CT molecular complexity index is 842. The Morgan fingerprint density at radius 1 is 1.23 bits per heavy atom. The number of ether oxygens (including phenoxy) is 1. The van der Waals surface area contributed by atoms with Gasteiger partial charge in [0.1, 0.15) is 4.88 Å². The first-order valence-electron chi connectivity index (χ1n) is 9.32. The number of carbonyl (C=O) groups is 2. The maximum Gasteiger partial charge on any atom is 0.348 e. The molecule has 4 rings (SSSR count). The van der Waals surface area contributed by atoms with Gasteiger partial charge in [-0.15, -0.1) is 11.3 Å². The van der Waals surface area contributed by atoms with E-state index in [4.69, 9.17) is 4.74 Å². The summed E-state index contributed by atoms with van der Waals surface area (Å²) in [5, 5.41) is 0. The normalized spacial score (nSPS) is 18.3. The van der Waals surface area contributed by atoms with Crippen LogP contribution < -0.4 is 4.90 Å². The molecule has 1 aromatic carbocycles. The van der Waals surface area contributed by atoms with E-state index in [2.05, 4.69) is 6.92 Å². The third-order valence-electron chi connectivity index (χ3n) is 5.48. The van der Waals surface area contributed by atoms with Crippen LogP contribution in [0, 0.1) is 5.92 Å². The molecule has 2 heterocycles. The van der Waals surface area contributed by atoms with Crippen LogP contribution in [0.4, 0.5) is 5.69 Å². The molecule has 0 saturated heterocycles. The Kier molecular flexibility index (Phi) is 4.81. The van der Waals surface area contributed by atoms with Crippen molar-refractivity contribution in [2.45, 2.75) is 39.0 Å². The van der Waals surface area contributed by atoms with E-state index < -0.39 is 0 Å². The summed E-state index contributed by atoms with van der Waals surface area (Å²) in [5.74, 6) is 0.187. The van der Waals surface area contributed by atoms with Gasteiger partial charge in [-0.1, -0.05) is 31.5 Å². The maximum absolute atomic E-state index is 12.5. The van der Waals surface area contributed by atoms with Gasteiger partial charge in [0.2, 0.25) is 0 Å². The number of thiophene rings is 1. The van der Waals surface area contributed by atoms with Gasteiger partial charge in [0.15, 0.2) is 6.61 Å². The predicted molar refractivity (Wildman–Crippen MR) is 103 cm³/mol. The second kappa shape index (κ2) is 7.23. The predicted octanol–water partition coefficient (Wildman–Crippen LogP) is 4.01. The second-order valence-corrected chi connectivity index (χ2v) is 8.21. The highest BCUT2D eigenvalue weighted by Crippen LogP contribution is 2.34. The van der Waals surface area contributed by atoms with E-state index in [0.29, 0.717) is 11.4 Å². The number of hydrogen-bond donors (Lipinski definition) is 0. The third-order valence-corrected chi connectivity index (χ3v) is 6.70. The van der Waals surface area contributed by atoms with Gasteiger partial charge in [-0.2, -0.15) is 0 Å². The Morgan fingerprint density at radius 3 is 2.92 bits per heavy atom. The van der Waals surface area contributed by atoms with Gasteiger partial charge >= 0.3 is 5.97 Å². The lowest BCUT2D eigenvalue weighted by atomic mass is 9.87. The minimum Gasteiger partial charge on any atom is -0.451 e. The van der Waals surface area contributed by atoms with E-state index in [0.717, 1.165) is 30.9 Å². The number of benzene rings is 1. The van der Waals surface area contributed by atoms with Crippen LogP contribution >= 0.6 is 11.3 Å². The zero-order valence-electron chi connectivity index (χ0n) is 15.0. The largest absolute Gasteiger partial charge is 0.451 e. The summed E-state index contributed by atoms with van der Waals surface area (Å²) in [6.07, 6.45) is 5.34. The van der Waals surface area contributed by atoms with Crippen molar-refractivity contribution in [3.8, 4) is 0 Å². The summed E-state index contributed by atoms with van der Waals surface area (Å²) >= 11 is 1.53. The van der Waals surface area contributed by atoms with E-state index in [-0.39, 0.29) is 18.5 Å². The molecule has 1 aromatic heterocycles. The van der Waals surface area contributed by atoms with Gasteiger partial charge in [0.05, 0.1) is 0 Å². The second-order valence-electron chi connectivity index (χ2n) is 7.08. The average Bonchev–Trinajstić information content (AvgIpc) is 3.29. The van der Waals surface area contributed by atoms with Crippen LogP contribution in [-0.2, 0) is 28.8 Å². The fourth-order valence-electron chi connectivity index (χ4n) is 3.92. The van der Waals surface area contributed by atoms with Crippen molar-refractivity contribution < 1.29 is 14.3 Å². The number of esters is 1. The topological polar surface area (TPSA) is 46.6 Å². The minimum absolute atomic E-state index is 0.157. The van der Waals surface area contributed by atoms with Gasteiger partial charge in [0, 0.05) is 17.1 Å². The van der Waals surface area contributed by atoms with E-state index in [1.165, 1.54) is 40.2 Å². The number of nitrogens with zero attached hydrogens (tertiary/aromatic N) is 1. The molecule has 0 fully saturated rings.